The van der Waals surface area contributed by atoms with Crippen LogP contribution in [0, 0.1) is 0 Å². The Morgan fingerprint density at radius 1 is 0.828 bits per heavy atom. The van der Waals surface area contributed by atoms with E-state index in [1.165, 1.54) is 27.6 Å². The molecule has 0 fully saturated rings. The van der Waals surface area contributed by atoms with E-state index in [0.29, 0.717) is 13.2 Å². The lowest BCUT2D eigenvalue weighted by Crippen LogP contribution is -2.06. The summed E-state index contributed by atoms with van der Waals surface area (Å²) in [6.07, 6.45) is 1.01. The second-order valence-electron chi connectivity index (χ2n) is 7.04. The van der Waals surface area contributed by atoms with Crippen LogP contribution in [0.3, 0.4) is 0 Å². The van der Waals surface area contributed by atoms with Gasteiger partial charge in [0.2, 0.25) is 0 Å². The van der Waals surface area contributed by atoms with Crippen LogP contribution in [0.2, 0.25) is 0 Å². The Morgan fingerprint density at radius 3 is 2.41 bits per heavy atom. The Hall–Kier alpha value is -2.78. The summed E-state index contributed by atoms with van der Waals surface area (Å²) in [5.74, 6) is 0.924. The largest absolute Gasteiger partial charge is 0.489 e. The van der Waals surface area contributed by atoms with Crippen LogP contribution in [-0.4, -0.2) is 0 Å². The van der Waals surface area contributed by atoms with Crippen molar-refractivity contribution in [1.82, 2.24) is 0 Å². The molecular weight excluding hydrogens is 422 g/mol. The average molecular weight is 446 g/mol. The smallest absolute Gasteiger partial charge is 0.125 e. The molecule has 3 heteroatoms. The number of para-hydroxylation sites is 1. The van der Waals surface area contributed by atoms with E-state index in [0.717, 1.165) is 22.2 Å². The van der Waals surface area contributed by atoms with Gasteiger partial charge in [0.1, 0.15) is 12.4 Å². The quantitative estimate of drug-likeness (QED) is 0.320. The standard InChI is InChI=1S/C26H24BrNO/c1-2-20-7-4-6-10-25(20)28-17-24-23-9-5-3-8-21(23)13-16-26(24)29-18-19-11-14-22(27)15-12-19/h3-16,28H,2,17-18H2,1H3. The number of rotatable bonds is 7. The molecule has 0 unspecified atom stereocenters. The normalized spacial score (nSPS) is 10.8. The lowest BCUT2D eigenvalue weighted by molar-refractivity contribution is 0.304. The fraction of sp³-hybridized carbons (Fsp3) is 0.154. The predicted molar refractivity (Wildman–Crippen MR) is 126 cm³/mol. The van der Waals surface area contributed by atoms with E-state index in [1.54, 1.807) is 0 Å². The predicted octanol–water partition coefficient (Wildman–Crippen LogP) is 7.36. The lowest BCUT2D eigenvalue weighted by atomic mass is 10.0. The third-order valence-corrected chi connectivity index (χ3v) is 5.69. The van der Waals surface area contributed by atoms with Gasteiger partial charge in [0, 0.05) is 22.3 Å². The molecule has 0 aliphatic rings. The number of fused-ring (bicyclic) bond motifs is 1. The van der Waals surface area contributed by atoms with E-state index in [9.17, 15) is 0 Å². The SMILES string of the molecule is CCc1ccccc1NCc1c(OCc2ccc(Br)cc2)ccc2ccccc12. The molecule has 4 rings (SSSR count). The van der Waals surface area contributed by atoms with Crippen LogP contribution in [-0.2, 0) is 19.6 Å². The van der Waals surface area contributed by atoms with E-state index in [4.69, 9.17) is 4.74 Å². The highest BCUT2D eigenvalue weighted by molar-refractivity contribution is 9.10. The Morgan fingerprint density at radius 2 is 1.59 bits per heavy atom. The van der Waals surface area contributed by atoms with Gasteiger partial charge in [-0.25, -0.2) is 0 Å². The van der Waals surface area contributed by atoms with Crippen LogP contribution in [0.4, 0.5) is 5.69 Å². The summed E-state index contributed by atoms with van der Waals surface area (Å²) in [7, 11) is 0. The van der Waals surface area contributed by atoms with Crippen molar-refractivity contribution in [2.24, 2.45) is 0 Å². The first-order valence-corrected chi connectivity index (χ1v) is 10.7. The number of ether oxygens (including phenoxy) is 1. The Kier molecular flexibility index (Phi) is 6.16. The van der Waals surface area contributed by atoms with Gasteiger partial charge in [0.05, 0.1) is 0 Å². The lowest BCUT2D eigenvalue weighted by Gasteiger charge is -2.17. The maximum absolute atomic E-state index is 6.26. The highest BCUT2D eigenvalue weighted by Gasteiger charge is 2.10. The van der Waals surface area contributed by atoms with Gasteiger partial charge >= 0.3 is 0 Å². The Labute approximate surface area is 180 Å². The van der Waals surface area contributed by atoms with Crippen LogP contribution in [0.25, 0.3) is 10.8 Å². The van der Waals surface area contributed by atoms with Crippen LogP contribution in [0.15, 0.2) is 89.4 Å². The van der Waals surface area contributed by atoms with Crippen molar-refractivity contribution >= 4 is 32.4 Å². The summed E-state index contributed by atoms with van der Waals surface area (Å²) >= 11 is 3.49. The van der Waals surface area contributed by atoms with E-state index < -0.39 is 0 Å². The molecule has 1 N–H and O–H groups in total. The molecular formula is C26H24BrNO. The van der Waals surface area contributed by atoms with Crippen molar-refractivity contribution in [2.45, 2.75) is 26.5 Å². The zero-order chi connectivity index (χ0) is 20.1. The van der Waals surface area contributed by atoms with Crippen molar-refractivity contribution in [3.8, 4) is 5.75 Å². The van der Waals surface area contributed by atoms with Gasteiger partial charge in [-0.3, -0.25) is 0 Å². The molecule has 146 valence electrons. The molecule has 0 saturated heterocycles. The molecule has 0 heterocycles. The molecule has 0 spiro atoms. The minimum atomic E-state index is 0.546. The van der Waals surface area contributed by atoms with E-state index in [1.807, 2.05) is 12.1 Å². The van der Waals surface area contributed by atoms with E-state index in [2.05, 4.69) is 101 Å². The number of nitrogens with one attached hydrogen (secondary N) is 1. The van der Waals surface area contributed by atoms with Gasteiger partial charge in [-0.15, -0.1) is 0 Å². The number of benzene rings is 4. The second kappa shape index (κ2) is 9.15. The molecule has 4 aromatic rings. The highest BCUT2D eigenvalue weighted by atomic mass is 79.9. The number of hydrogen-bond donors (Lipinski definition) is 1. The molecule has 0 amide bonds. The molecule has 0 atom stereocenters. The van der Waals surface area contributed by atoms with Crippen molar-refractivity contribution in [2.75, 3.05) is 5.32 Å². The van der Waals surface area contributed by atoms with E-state index in [-0.39, 0.29) is 0 Å². The van der Waals surface area contributed by atoms with Gasteiger partial charge in [-0.1, -0.05) is 83.5 Å². The van der Waals surface area contributed by atoms with Crippen LogP contribution in [0.1, 0.15) is 23.6 Å². The minimum Gasteiger partial charge on any atom is -0.489 e. The molecule has 4 aromatic carbocycles. The minimum absolute atomic E-state index is 0.546. The second-order valence-corrected chi connectivity index (χ2v) is 7.96. The van der Waals surface area contributed by atoms with Gasteiger partial charge in [-0.2, -0.15) is 0 Å². The monoisotopic (exact) mass is 445 g/mol. The van der Waals surface area contributed by atoms with Crippen molar-refractivity contribution in [3.05, 3.63) is 106 Å². The molecule has 2 nitrogen and oxygen atoms in total. The Bertz CT molecular complexity index is 1110. The van der Waals surface area contributed by atoms with Crippen LogP contribution in [0.5, 0.6) is 5.75 Å². The average Bonchev–Trinajstić information content (AvgIpc) is 2.77. The first kappa shape index (κ1) is 19.5. The van der Waals surface area contributed by atoms with E-state index >= 15 is 0 Å². The highest BCUT2D eigenvalue weighted by Crippen LogP contribution is 2.30. The van der Waals surface area contributed by atoms with Crippen molar-refractivity contribution in [1.29, 1.82) is 0 Å². The van der Waals surface area contributed by atoms with Crippen molar-refractivity contribution < 1.29 is 4.74 Å². The zero-order valence-electron chi connectivity index (χ0n) is 16.5. The third kappa shape index (κ3) is 4.63. The number of anilines is 1. The fourth-order valence-corrected chi connectivity index (χ4v) is 3.82. The fourth-order valence-electron chi connectivity index (χ4n) is 3.56. The summed E-state index contributed by atoms with van der Waals surface area (Å²) in [4.78, 5) is 0. The van der Waals surface area contributed by atoms with Gasteiger partial charge < -0.3 is 10.1 Å². The van der Waals surface area contributed by atoms with Crippen LogP contribution >= 0.6 is 15.9 Å². The molecule has 0 aliphatic carbocycles. The first-order chi connectivity index (χ1) is 14.2. The molecule has 0 saturated carbocycles. The summed E-state index contributed by atoms with van der Waals surface area (Å²) in [6, 6.07) is 29.5. The maximum Gasteiger partial charge on any atom is 0.125 e. The maximum atomic E-state index is 6.26. The summed E-state index contributed by atoms with van der Waals surface area (Å²) in [6.45, 7) is 3.45. The van der Waals surface area contributed by atoms with Gasteiger partial charge in [0.15, 0.2) is 0 Å². The zero-order valence-corrected chi connectivity index (χ0v) is 18.1. The molecule has 0 aromatic heterocycles. The summed E-state index contributed by atoms with van der Waals surface area (Å²) in [5, 5.41) is 6.08. The molecule has 29 heavy (non-hydrogen) atoms. The van der Waals surface area contributed by atoms with Gasteiger partial charge in [-0.05, 0) is 52.6 Å². The molecule has 0 aliphatic heterocycles. The van der Waals surface area contributed by atoms with Crippen LogP contribution < -0.4 is 10.1 Å². The van der Waals surface area contributed by atoms with Crippen molar-refractivity contribution in [3.63, 3.8) is 0 Å². The number of hydrogen-bond acceptors (Lipinski definition) is 2. The topological polar surface area (TPSA) is 21.3 Å². The number of aryl methyl sites for hydroxylation is 1. The van der Waals surface area contributed by atoms with Gasteiger partial charge in [0.25, 0.3) is 0 Å². The summed E-state index contributed by atoms with van der Waals surface area (Å²) in [5.41, 5.74) is 4.84. The number of halogens is 1. The Balaban J connectivity index is 1.62. The third-order valence-electron chi connectivity index (χ3n) is 5.16. The molecule has 0 bridgehead atoms. The summed E-state index contributed by atoms with van der Waals surface area (Å²) < 4.78 is 7.34. The first-order valence-electron chi connectivity index (χ1n) is 9.94. The molecule has 0 radical (unpaired) electrons.